The molecular weight excluding hydrogens is 525 g/mol. The summed E-state index contributed by atoms with van der Waals surface area (Å²) in [6.07, 6.45) is 1.19. The Hall–Kier alpha value is -3.41. The van der Waals surface area contributed by atoms with Gasteiger partial charge in [-0.05, 0) is 76.4 Å². The van der Waals surface area contributed by atoms with Crippen molar-refractivity contribution in [3.05, 3.63) is 41.2 Å². The lowest BCUT2D eigenvalue weighted by atomic mass is 9.81. The first-order valence-corrected chi connectivity index (χ1v) is 13.7. The lowest BCUT2D eigenvalue weighted by Gasteiger charge is -2.32. The molecular formula is C28H37F3N6O3. The van der Waals surface area contributed by atoms with Crippen LogP contribution >= 0.6 is 0 Å². The van der Waals surface area contributed by atoms with E-state index in [1.807, 2.05) is 0 Å². The number of piperidine rings is 1. The van der Waals surface area contributed by atoms with E-state index in [2.05, 4.69) is 37.9 Å². The molecule has 0 radical (unpaired) electrons. The average Bonchev–Trinajstić information content (AvgIpc) is 2.90. The Morgan fingerprint density at radius 3 is 2.50 bits per heavy atom. The third kappa shape index (κ3) is 7.61. The summed E-state index contributed by atoms with van der Waals surface area (Å²) in [6, 6.07) is 4.72. The zero-order chi connectivity index (χ0) is 28.9. The fraction of sp³-hybridized carbons (Fsp3) is 0.571. The number of halogens is 3. The maximum Gasteiger partial charge on any atom is 0.419 e. The van der Waals surface area contributed by atoms with Crippen LogP contribution < -0.4 is 20.7 Å². The van der Waals surface area contributed by atoms with Crippen molar-refractivity contribution in [2.45, 2.75) is 70.1 Å². The van der Waals surface area contributed by atoms with Gasteiger partial charge in [-0.3, -0.25) is 9.59 Å². The molecule has 0 unspecified atom stereocenters. The molecule has 2 atom stereocenters. The van der Waals surface area contributed by atoms with Crippen molar-refractivity contribution in [2.75, 3.05) is 32.6 Å². The summed E-state index contributed by atoms with van der Waals surface area (Å²) in [6.45, 7) is 3.25. The van der Waals surface area contributed by atoms with Crippen molar-refractivity contribution >= 4 is 23.5 Å². The van der Waals surface area contributed by atoms with Gasteiger partial charge in [0, 0.05) is 30.8 Å². The van der Waals surface area contributed by atoms with Gasteiger partial charge in [0.15, 0.2) is 0 Å². The van der Waals surface area contributed by atoms with Crippen molar-refractivity contribution < 1.29 is 27.5 Å². The molecule has 1 aliphatic carbocycles. The first-order chi connectivity index (χ1) is 19.0. The molecule has 2 fully saturated rings. The number of nitrogens with one attached hydrogen (secondary N) is 3. The van der Waals surface area contributed by atoms with E-state index >= 15 is 0 Å². The van der Waals surface area contributed by atoms with E-state index < -0.39 is 11.7 Å². The molecule has 2 aromatic rings. The zero-order valence-corrected chi connectivity index (χ0v) is 23.1. The first kappa shape index (κ1) is 29.6. The standard InChI is InChI=1S/C28H37F3N6O3/c1-17(38)33-22-7-5-4-6-18(22)14-24-21(28(29,30)31)16-32-27(36-24)35-23-9-8-19(15-25(23)40-3)26(39)34-20-10-12-37(2)13-11-20/h8-9,15-16,18,20,22H,4-7,10-14H2,1-3H3,(H,33,38)(H,34,39)(H,32,35,36)/t18-,22+/m0/s1. The molecule has 9 nitrogen and oxygen atoms in total. The van der Waals surface area contributed by atoms with Crippen LogP contribution in [0.4, 0.5) is 24.8 Å². The molecule has 3 N–H and O–H groups in total. The van der Waals surface area contributed by atoms with Crippen LogP contribution in [0.5, 0.6) is 5.75 Å². The minimum absolute atomic E-state index is 0.0169. The highest BCUT2D eigenvalue weighted by Crippen LogP contribution is 2.36. The lowest BCUT2D eigenvalue weighted by Crippen LogP contribution is -2.43. The first-order valence-electron chi connectivity index (χ1n) is 13.7. The number of aromatic nitrogens is 2. The summed E-state index contributed by atoms with van der Waals surface area (Å²) >= 11 is 0. The SMILES string of the molecule is COc1cc(C(=O)NC2CCN(C)CC2)ccc1Nc1ncc(C(F)(F)F)c(C[C@@H]2CCCC[C@H]2NC(C)=O)n1. The molecule has 1 saturated carbocycles. The van der Waals surface area contributed by atoms with Crippen LogP contribution in [0.2, 0.25) is 0 Å². The number of ether oxygens (including phenoxy) is 1. The van der Waals surface area contributed by atoms with Gasteiger partial charge >= 0.3 is 6.18 Å². The number of hydrogen-bond donors (Lipinski definition) is 3. The minimum Gasteiger partial charge on any atom is -0.495 e. The summed E-state index contributed by atoms with van der Waals surface area (Å²) in [5, 5.41) is 8.90. The Balaban J connectivity index is 1.53. The van der Waals surface area contributed by atoms with Gasteiger partial charge in [0.05, 0.1) is 24.1 Å². The van der Waals surface area contributed by atoms with Crippen LogP contribution in [0.25, 0.3) is 0 Å². The van der Waals surface area contributed by atoms with Crippen LogP contribution in [-0.4, -0.2) is 66.0 Å². The predicted molar refractivity (Wildman–Crippen MR) is 145 cm³/mol. The van der Waals surface area contributed by atoms with Gasteiger partial charge in [-0.25, -0.2) is 9.97 Å². The highest BCUT2D eigenvalue weighted by molar-refractivity contribution is 5.95. The average molecular weight is 563 g/mol. The predicted octanol–water partition coefficient (Wildman–Crippen LogP) is 4.31. The third-order valence-electron chi connectivity index (χ3n) is 7.69. The van der Waals surface area contributed by atoms with Gasteiger partial charge in [0.1, 0.15) is 5.75 Å². The van der Waals surface area contributed by atoms with Crippen LogP contribution in [0, 0.1) is 5.92 Å². The van der Waals surface area contributed by atoms with E-state index in [0.717, 1.165) is 51.4 Å². The molecule has 218 valence electrons. The van der Waals surface area contributed by atoms with Gasteiger partial charge in [-0.15, -0.1) is 0 Å². The Labute approximate surface area is 232 Å². The van der Waals surface area contributed by atoms with Gasteiger partial charge in [-0.1, -0.05) is 12.8 Å². The van der Waals surface area contributed by atoms with Gasteiger partial charge in [0.2, 0.25) is 11.9 Å². The number of methoxy groups -OCH3 is 1. The van der Waals surface area contributed by atoms with Gasteiger partial charge in [-0.2, -0.15) is 13.2 Å². The smallest absolute Gasteiger partial charge is 0.419 e. The summed E-state index contributed by atoms with van der Waals surface area (Å²) < 4.78 is 47.1. The topological polar surface area (TPSA) is 108 Å². The van der Waals surface area contributed by atoms with Crippen molar-refractivity contribution in [1.29, 1.82) is 0 Å². The number of benzene rings is 1. The van der Waals surface area contributed by atoms with Crippen molar-refractivity contribution in [3.8, 4) is 5.75 Å². The number of anilines is 2. The molecule has 2 heterocycles. The fourth-order valence-corrected chi connectivity index (χ4v) is 5.50. The zero-order valence-electron chi connectivity index (χ0n) is 23.1. The quantitative estimate of drug-likeness (QED) is 0.440. The van der Waals surface area contributed by atoms with Crippen LogP contribution in [0.15, 0.2) is 24.4 Å². The van der Waals surface area contributed by atoms with E-state index in [1.54, 1.807) is 18.2 Å². The number of rotatable bonds is 8. The van der Waals surface area contributed by atoms with Crippen molar-refractivity contribution in [2.24, 2.45) is 5.92 Å². The maximum atomic E-state index is 13.9. The van der Waals surface area contributed by atoms with E-state index in [0.29, 0.717) is 23.4 Å². The molecule has 12 heteroatoms. The molecule has 1 aromatic heterocycles. The summed E-state index contributed by atoms with van der Waals surface area (Å²) in [5.41, 5.74) is -0.187. The van der Waals surface area contributed by atoms with Crippen LogP contribution in [0.1, 0.15) is 67.1 Å². The number of alkyl halides is 3. The highest BCUT2D eigenvalue weighted by Gasteiger charge is 2.37. The molecule has 4 rings (SSSR count). The molecule has 1 aromatic carbocycles. The van der Waals surface area contributed by atoms with Gasteiger partial charge in [0.25, 0.3) is 5.91 Å². The fourth-order valence-electron chi connectivity index (χ4n) is 5.50. The number of likely N-dealkylation sites (tertiary alicyclic amines) is 1. The Morgan fingerprint density at radius 1 is 1.10 bits per heavy atom. The Kier molecular flexibility index (Phi) is 9.49. The van der Waals surface area contributed by atoms with Crippen molar-refractivity contribution in [3.63, 3.8) is 0 Å². The second-order valence-corrected chi connectivity index (χ2v) is 10.7. The summed E-state index contributed by atoms with van der Waals surface area (Å²) in [5.74, 6) is -0.267. The number of carbonyl (C=O) groups is 2. The van der Waals surface area contributed by atoms with Crippen LogP contribution in [-0.2, 0) is 17.4 Å². The lowest BCUT2D eigenvalue weighted by molar-refractivity contribution is -0.139. The monoisotopic (exact) mass is 562 g/mol. The molecule has 1 saturated heterocycles. The molecule has 2 aliphatic rings. The Bertz CT molecular complexity index is 1200. The molecule has 2 amide bonds. The minimum atomic E-state index is -4.62. The van der Waals surface area contributed by atoms with Crippen LogP contribution in [0.3, 0.4) is 0 Å². The van der Waals surface area contributed by atoms with Gasteiger partial charge < -0.3 is 25.6 Å². The second kappa shape index (κ2) is 12.8. The number of amides is 2. The molecule has 40 heavy (non-hydrogen) atoms. The maximum absolute atomic E-state index is 13.9. The largest absolute Gasteiger partial charge is 0.495 e. The number of nitrogens with zero attached hydrogens (tertiary/aromatic N) is 3. The molecule has 0 bridgehead atoms. The third-order valence-corrected chi connectivity index (χ3v) is 7.69. The summed E-state index contributed by atoms with van der Waals surface area (Å²) in [7, 11) is 3.50. The van der Waals surface area contributed by atoms with E-state index in [9.17, 15) is 22.8 Å². The van der Waals surface area contributed by atoms with E-state index in [1.165, 1.54) is 14.0 Å². The van der Waals surface area contributed by atoms with E-state index in [4.69, 9.17) is 4.74 Å². The molecule has 0 spiro atoms. The normalized spacial score (nSPS) is 20.6. The summed E-state index contributed by atoms with van der Waals surface area (Å²) in [4.78, 5) is 34.9. The number of hydrogen-bond acceptors (Lipinski definition) is 7. The number of carbonyl (C=O) groups excluding carboxylic acids is 2. The van der Waals surface area contributed by atoms with Crippen molar-refractivity contribution in [1.82, 2.24) is 25.5 Å². The second-order valence-electron chi connectivity index (χ2n) is 10.7. The molecule has 1 aliphatic heterocycles. The van der Waals surface area contributed by atoms with E-state index in [-0.39, 0.29) is 47.9 Å². The highest BCUT2D eigenvalue weighted by atomic mass is 19.4. The Morgan fingerprint density at radius 2 is 1.82 bits per heavy atom.